The number of rotatable bonds is 8. The first-order valence-corrected chi connectivity index (χ1v) is 7.38. The van der Waals surface area contributed by atoms with Crippen LogP contribution in [0.4, 0.5) is 0 Å². The zero-order valence-electron chi connectivity index (χ0n) is 10.6. The Labute approximate surface area is 108 Å². The molecule has 0 unspecified atom stereocenters. The van der Waals surface area contributed by atoms with E-state index >= 15 is 0 Å². The highest BCUT2D eigenvalue weighted by Gasteiger charge is 2.05. The van der Waals surface area contributed by atoms with Crippen LogP contribution in [0.3, 0.4) is 0 Å². The molecule has 0 saturated carbocycles. The third-order valence-corrected chi connectivity index (χ3v) is 2.79. The van der Waals surface area contributed by atoms with Crippen molar-refractivity contribution >= 4 is 10.1 Å². The fourth-order valence-corrected chi connectivity index (χ4v) is 1.87. The average Bonchev–Trinajstić information content (AvgIpc) is 2.32. The van der Waals surface area contributed by atoms with Gasteiger partial charge in [-0.2, -0.15) is 8.42 Å². The third-order valence-electron chi connectivity index (χ3n) is 2.19. The first-order valence-electron chi connectivity index (χ1n) is 5.57. The Bertz CT molecular complexity index is 455. The first-order chi connectivity index (χ1) is 8.53. The van der Waals surface area contributed by atoms with Crippen molar-refractivity contribution in [2.75, 3.05) is 26.8 Å². The lowest BCUT2D eigenvalue weighted by atomic mass is 10.1. The Morgan fingerprint density at radius 1 is 1.22 bits per heavy atom. The number of methoxy groups -OCH3 is 1. The SMILES string of the molecule is COCOc1ccccc1CCCOS(C)(=O)=O. The van der Waals surface area contributed by atoms with E-state index in [1.807, 2.05) is 24.3 Å². The quantitative estimate of drug-likeness (QED) is 0.409. The minimum absolute atomic E-state index is 0.178. The van der Waals surface area contributed by atoms with Crippen molar-refractivity contribution in [1.82, 2.24) is 0 Å². The zero-order chi connectivity index (χ0) is 13.4. The van der Waals surface area contributed by atoms with Gasteiger partial charge < -0.3 is 9.47 Å². The molecule has 6 heteroatoms. The van der Waals surface area contributed by atoms with Gasteiger partial charge in [0.2, 0.25) is 0 Å². The van der Waals surface area contributed by atoms with Gasteiger partial charge >= 0.3 is 0 Å². The van der Waals surface area contributed by atoms with Crippen LogP contribution in [0.2, 0.25) is 0 Å². The molecule has 0 aliphatic carbocycles. The highest BCUT2D eigenvalue weighted by atomic mass is 32.2. The van der Waals surface area contributed by atoms with Crippen LogP contribution in [0.25, 0.3) is 0 Å². The molecule has 0 atom stereocenters. The number of para-hydroxylation sites is 1. The summed E-state index contributed by atoms with van der Waals surface area (Å²) in [5.74, 6) is 0.749. The van der Waals surface area contributed by atoms with Crippen molar-refractivity contribution in [3.63, 3.8) is 0 Å². The van der Waals surface area contributed by atoms with Crippen LogP contribution in [0.1, 0.15) is 12.0 Å². The second-order valence-electron chi connectivity index (χ2n) is 3.79. The van der Waals surface area contributed by atoms with E-state index in [0.717, 1.165) is 17.6 Å². The number of benzene rings is 1. The highest BCUT2D eigenvalue weighted by Crippen LogP contribution is 2.19. The molecule has 102 valence electrons. The van der Waals surface area contributed by atoms with Gasteiger partial charge in [-0.25, -0.2) is 0 Å². The first kappa shape index (κ1) is 14.9. The van der Waals surface area contributed by atoms with Gasteiger partial charge in [0.05, 0.1) is 12.9 Å². The van der Waals surface area contributed by atoms with Gasteiger partial charge in [-0.1, -0.05) is 18.2 Å². The Balaban J connectivity index is 2.46. The molecule has 0 bridgehead atoms. The number of hydrogen-bond donors (Lipinski definition) is 0. The molecule has 0 radical (unpaired) electrons. The summed E-state index contributed by atoms with van der Waals surface area (Å²) < 4.78 is 36.5. The molecule has 0 amide bonds. The highest BCUT2D eigenvalue weighted by molar-refractivity contribution is 7.85. The Hall–Kier alpha value is -1.11. The van der Waals surface area contributed by atoms with Crippen molar-refractivity contribution in [3.05, 3.63) is 29.8 Å². The summed E-state index contributed by atoms with van der Waals surface area (Å²) in [5.41, 5.74) is 1.01. The predicted molar refractivity (Wildman–Crippen MR) is 68.1 cm³/mol. The van der Waals surface area contributed by atoms with E-state index in [2.05, 4.69) is 4.18 Å². The van der Waals surface area contributed by atoms with Crippen LogP contribution in [-0.4, -0.2) is 35.2 Å². The maximum atomic E-state index is 10.8. The number of aryl methyl sites for hydroxylation is 1. The Kier molecular flexibility index (Phi) is 6.11. The molecular weight excluding hydrogens is 256 g/mol. The lowest BCUT2D eigenvalue weighted by Gasteiger charge is -2.10. The molecule has 0 aliphatic rings. The van der Waals surface area contributed by atoms with Crippen LogP contribution in [0, 0.1) is 0 Å². The molecule has 0 aromatic heterocycles. The van der Waals surface area contributed by atoms with E-state index in [1.165, 1.54) is 0 Å². The van der Waals surface area contributed by atoms with Gasteiger partial charge in [-0.15, -0.1) is 0 Å². The molecule has 5 nitrogen and oxygen atoms in total. The molecule has 0 heterocycles. The summed E-state index contributed by atoms with van der Waals surface area (Å²) in [6.07, 6.45) is 2.35. The summed E-state index contributed by atoms with van der Waals surface area (Å²) in [6, 6.07) is 7.57. The van der Waals surface area contributed by atoms with Crippen LogP contribution >= 0.6 is 0 Å². The van der Waals surface area contributed by atoms with Crippen molar-refractivity contribution in [2.45, 2.75) is 12.8 Å². The van der Waals surface area contributed by atoms with Gasteiger partial charge in [0, 0.05) is 7.11 Å². The minimum Gasteiger partial charge on any atom is -0.467 e. The van der Waals surface area contributed by atoms with Crippen LogP contribution < -0.4 is 4.74 Å². The maximum Gasteiger partial charge on any atom is 0.264 e. The third kappa shape index (κ3) is 6.00. The van der Waals surface area contributed by atoms with E-state index in [0.29, 0.717) is 12.8 Å². The zero-order valence-corrected chi connectivity index (χ0v) is 11.4. The van der Waals surface area contributed by atoms with E-state index in [4.69, 9.17) is 9.47 Å². The molecule has 18 heavy (non-hydrogen) atoms. The largest absolute Gasteiger partial charge is 0.467 e. The molecule has 0 aliphatic heterocycles. The van der Waals surface area contributed by atoms with Gasteiger partial charge in [-0.05, 0) is 24.5 Å². The molecule has 0 saturated heterocycles. The lowest BCUT2D eigenvalue weighted by Crippen LogP contribution is -2.06. The van der Waals surface area contributed by atoms with Crippen molar-refractivity contribution < 1.29 is 22.1 Å². The topological polar surface area (TPSA) is 61.8 Å². The second kappa shape index (κ2) is 7.35. The molecule has 0 fully saturated rings. The van der Waals surface area contributed by atoms with Gasteiger partial charge in [0.25, 0.3) is 10.1 Å². The van der Waals surface area contributed by atoms with Gasteiger partial charge in [0.15, 0.2) is 6.79 Å². The fourth-order valence-electron chi connectivity index (χ4n) is 1.45. The van der Waals surface area contributed by atoms with Crippen molar-refractivity contribution in [1.29, 1.82) is 0 Å². The lowest BCUT2D eigenvalue weighted by molar-refractivity contribution is 0.0504. The van der Waals surface area contributed by atoms with Crippen LogP contribution in [0.5, 0.6) is 5.75 Å². The Morgan fingerprint density at radius 2 is 1.94 bits per heavy atom. The summed E-state index contributed by atoms with van der Waals surface area (Å²) in [5, 5.41) is 0. The summed E-state index contributed by atoms with van der Waals surface area (Å²) in [4.78, 5) is 0. The fraction of sp³-hybridized carbons (Fsp3) is 0.500. The molecular formula is C12H18O5S. The van der Waals surface area contributed by atoms with Gasteiger partial charge in [-0.3, -0.25) is 4.18 Å². The average molecular weight is 274 g/mol. The van der Waals surface area contributed by atoms with Crippen LogP contribution in [0.15, 0.2) is 24.3 Å². The minimum atomic E-state index is -3.35. The monoisotopic (exact) mass is 274 g/mol. The standard InChI is InChI=1S/C12H18O5S/c1-15-10-16-12-8-4-3-6-11(12)7-5-9-17-18(2,13)14/h3-4,6,8H,5,7,9-10H2,1-2H3. The van der Waals surface area contributed by atoms with E-state index < -0.39 is 10.1 Å². The summed E-state index contributed by atoms with van der Waals surface area (Å²) >= 11 is 0. The molecule has 0 spiro atoms. The summed E-state index contributed by atoms with van der Waals surface area (Å²) in [6.45, 7) is 0.369. The van der Waals surface area contributed by atoms with Crippen molar-refractivity contribution in [2.24, 2.45) is 0 Å². The second-order valence-corrected chi connectivity index (χ2v) is 5.43. The van der Waals surface area contributed by atoms with Gasteiger partial charge in [0.1, 0.15) is 5.75 Å². The van der Waals surface area contributed by atoms with E-state index in [1.54, 1.807) is 7.11 Å². The smallest absolute Gasteiger partial charge is 0.264 e. The van der Waals surface area contributed by atoms with Crippen LogP contribution in [-0.2, 0) is 25.5 Å². The summed E-state index contributed by atoms with van der Waals surface area (Å²) in [7, 11) is -1.80. The van der Waals surface area contributed by atoms with E-state index in [-0.39, 0.29) is 13.4 Å². The Morgan fingerprint density at radius 3 is 2.61 bits per heavy atom. The predicted octanol–water partition coefficient (Wildman–Crippen LogP) is 1.58. The van der Waals surface area contributed by atoms with Crippen molar-refractivity contribution in [3.8, 4) is 5.75 Å². The maximum absolute atomic E-state index is 10.8. The van der Waals surface area contributed by atoms with E-state index in [9.17, 15) is 8.42 Å². The molecule has 0 N–H and O–H groups in total. The molecule has 1 aromatic carbocycles. The number of hydrogen-bond acceptors (Lipinski definition) is 5. The number of ether oxygens (including phenoxy) is 2. The molecule has 1 rings (SSSR count). The normalized spacial score (nSPS) is 11.4. The molecule has 1 aromatic rings.